The van der Waals surface area contributed by atoms with E-state index in [0.717, 1.165) is 41.9 Å². The molecule has 0 saturated carbocycles. The third-order valence-corrected chi connectivity index (χ3v) is 13.5. The minimum atomic E-state index is 0.150. The number of fused-ring (bicyclic) bond motifs is 9. The maximum atomic E-state index is 7.17. The van der Waals surface area contributed by atoms with Crippen molar-refractivity contribution in [1.29, 1.82) is 0 Å². The topological polar surface area (TPSA) is 46.5 Å². The average Bonchev–Trinajstić information content (AvgIpc) is 3.94. The first-order valence-corrected chi connectivity index (χ1v) is 21.1. The second-order valence-corrected chi connectivity index (χ2v) is 16.6. The van der Waals surface area contributed by atoms with Crippen LogP contribution >= 0.6 is 11.3 Å². The van der Waals surface area contributed by atoms with E-state index < -0.39 is 0 Å². The van der Waals surface area contributed by atoms with E-state index >= 15 is 0 Å². The molecule has 11 rings (SSSR count). The van der Waals surface area contributed by atoms with Crippen molar-refractivity contribution in [3.05, 3.63) is 209 Å². The van der Waals surface area contributed by atoms with E-state index in [1.54, 1.807) is 0 Å². The number of guanidine groups is 1. The fourth-order valence-electron chi connectivity index (χ4n) is 9.54. The molecule has 6 aromatic carbocycles. The third-order valence-electron chi connectivity index (χ3n) is 12.2. The van der Waals surface area contributed by atoms with Gasteiger partial charge in [-0.3, -0.25) is 4.90 Å². The zero-order valence-electron chi connectivity index (χ0n) is 32.3. The van der Waals surface area contributed by atoms with Crippen LogP contribution in [0.5, 0.6) is 0 Å². The predicted octanol–water partition coefficient (Wildman–Crippen LogP) is 13.4. The van der Waals surface area contributed by atoms with Gasteiger partial charge in [-0.1, -0.05) is 146 Å². The van der Waals surface area contributed by atoms with E-state index in [2.05, 4.69) is 186 Å². The van der Waals surface area contributed by atoms with Gasteiger partial charge in [0.25, 0.3) is 0 Å². The van der Waals surface area contributed by atoms with Crippen LogP contribution in [-0.4, -0.2) is 10.5 Å². The lowest BCUT2D eigenvalue weighted by Crippen LogP contribution is -2.35. The molecule has 0 saturated heterocycles. The van der Waals surface area contributed by atoms with Gasteiger partial charge in [0.2, 0.25) is 5.96 Å². The summed E-state index contributed by atoms with van der Waals surface area (Å²) in [4.78, 5) is 8.83. The maximum Gasteiger partial charge on any atom is 0.205 e. The summed E-state index contributed by atoms with van der Waals surface area (Å²) >= 11 is 1.93. The fourth-order valence-corrected chi connectivity index (χ4v) is 10.8. The number of hydrogen-bond donors (Lipinski definition) is 1. The van der Waals surface area contributed by atoms with Gasteiger partial charge in [0, 0.05) is 33.0 Å². The van der Waals surface area contributed by atoms with Crippen LogP contribution in [0.15, 0.2) is 187 Å². The maximum absolute atomic E-state index is 7.17. The van der Waals surface area contributed by atoms with Gasteiger partial charge in [0.1, 0.15) is 0 Å². The van der Waals surface area contributed by atoms with E-state index in [-0.39, 0.29) is 11.8 Å². The molecule has 2 atom stereocenters. The molecule has 2 N–H and O–H groups in total. The van der Waals surface area contributed by atoms with Crippen LogP contribution in [0.25, 0.3) is 54.4 Å². The molecule has 0 amide bonds. The van der Waals surface area contributed by atoms with Gasteiger partial charge in [-0.25, -0.2) is 4.99 Å². The highest BCUT2D eigenvalue weighted by Gasteiger charge is 2.38. The molecule has 2 aromatic heterocycles. The van der Waals surface area contributed by atoms with Crippen LogP contribution in [0.4, 0.5) is 5.69 Å². The van der Waals surface area contributed by atoms with Crippen LogP contribution in [0.1, 0.15) is 58.7 Å². The van der Waals surface area contributed by atoms with E-state index in [1.165, 1.54) is 70.3 Å². The zero-order valence-corrected chi connectivity index (χ0v) is 33.2. The molecule has 2 unspecified atom stereocenters. The first-order valence-electron chi connectivity index (χ1n) is 20.3. The minimum absolute atomic E-state index is 0.150. The Morgan fingerprint density at radius 2 is 1.55 bits per heavy atom. The predicted molar refractivity (Wildman–Crippen MR) is 246 cm³/mol. The third kappa shape index (κ3) is 5.60. The molecular formula is C53H42N4S. The Bertz CT molecular complexity index is 3070. The minimum Gasteiger partial charge on any atom is -0.369 e. The van der Waals surface area contributed by atoms with Crippen LogP contribution in [-0.2, 0) is 6.42 Å². The van der Waals surface area contributed by atoms with Crippen molar-refractivity contribution in [3.63, 3.8) is 0 Å². The summed E-state index contributed by atoms with van der Waals surface area (Å²) in [7, 11) is 0. The summed E-state index contributed by atoms with van der Waals surface area (Å²) in [6.07, 6.45) is 14.4. The molecule has 4 nitrogen and oxygen atoms in total. The molecule has 3 heterocycles. The lowest BCUT2D eigenvalue weighted by Gasteiger charge is -2.23. The van der Waals surface area contributed by atoms with Gasteiger partial charge in [-0.05, 0) is 94.4 Å². The molecule has 58 heavy (non-hydrogen) atoms. The van der Waals surface area contributed by atoms with Crippen molar-refractivity contribution in [2.45, 2.75) is 38.0 Å². The standard InChI is InChI=1S/C53H42N4S/c1-34(35-16-4-2-5-17-35)32-44(36-18-6-3-7-19-36)55-53(54)57-46-26-12-9-22-42(46)51-38(23-14-27-48(51)57)37-30-31-47-43(33-37)39-20-8-11-25-45(39)56(47)49-28-15-24-41-40-21-10-13-29-50(40)58-52(41)49/h2-14,16-21,23,25-34,42H,15,22,24H2,1H3,(H2,54,55)/b44-32-. The smallest absolute Gasteiger partial charge is 0.205 e. The van der Waals surface area contributed by atoms with Crippen LogP contribution in [0.2, 0.25) is 0 Å². The monoisotopic (exact) mass is 766 g/mol. The normalized spacial score (nSPS) is 17.0. The molecular weight excluding hydrogens is 725 g/mol. The Balaban J connectivity index is 1.04. The number of benzene rings is 6. The molecule has 0 fully saturated rings. The lowest BCUT2D eigenvalue weighted by atomic mass is 9.86. The van der Waals surface area contributed by atoms with Gasteiger partial charge in [-0.2, -0.15) is 0 Å². The number of hydrogen-bond acceptors (Lipinski definition) is 2. The van der Waals surface area contributed by atoms with Crippen molar-refractivity contribution < 1.29 is 0 Å². The second kappa shape index (κ2) is 14.0. The van der Waals surface area contributed by atoms with Crippen molar-refractivity contribution in [3.8, 4) is 11.1 Å². The summed E-state index contributed by atoms with van der Waals surface area (Å²) in [5.74, 6) is 0.781. The Kier molecular flexibility index (Phi) is 8.37. The number of anilines is 1. The van der Waals surface area contributed by atoms with Crippen LogP contribution in [0, 0.1) is 0 Å². The van der Waals surface area contributed by atoms with E-state index in [4.69, 9.17) is 10.7 Å². The zero-order chi connectivity index (χ0) is 38.7. The van der Waals surface area contributed by atoms with Crippen molar-refractivity contribution in [2.75, 3.05) is 4.90 Å². The molecule has 5 heteroatoms. The fraction of sp³-hybridized carbons (Fsp3) is 0.113. The molecule has 0 spiro atoms. The molecule has 280 valence electrons. The van der Waals surface area contributed by atoms with Gasteiger partial charge in [-0.15, -0.1) is 11.3 Å². The SMILES string of the molecule is CC(/C=C(\N=C(N)N1C2=CC=CCC2c2c(-c3ccc4c(c3)c3ccccc3n4C3=CCCc4c3sc3ccccc43)cccc21)c1ccccc1)c1ccccc1. The Hall–Kier alpha value is -6.69. The largest absolute Gasteiger partial charge is 0.369 e. The molecule has 0 radical (unpaired) electrons. The van der Waals surface area contributed by atoms with Gasteiger partial charge in [0.15, 0.2) is 0 Å². The van der Waals surface area contributed by atoms with Crippen molar-refractivity contribution in [1.82, 2.24) is 4.57 Å². The number of nitrogens with zero attached hydrogens (tertiary/aromatic N) is 3. The van der Waals surface area contributed by atoms with E-state index in [1.807, 2.05) is 17.4 Å². The molecule has 1 aliphatic heterocycles. The number of nitrogens with two attached hydrogens (primary N) is 1. The summed E-state index contributed by atoms with van der Waals surface area (Å²) in [6, 6.07) is 52.5. The Morgan fingerprint density at radius 1 is 0.793 bits per heavy atom. The van der Waals surface area contributed by atoms with E-state index in [0.29, 0.717) is 5.96 Å². The van der Waals surface area contributed by atoms with Gasteiger partial charge < -0.3 is 10.3 Å². The van der Waals surface area contributed by atoms with Gasteiger partial charge >= 0.3 is 0 Å². The molecule has 8 aromatic rings. The van der Waals surface area contributed by atoms with Crippen LogP contribution < -0.4 is 10.6 Å². The number of aromatic nitrogens is 1. The second-order valence-electron chi connectivity index (χ2n) is 15.6. The summed E-state index contributed by atoms with van der Waals surface area (Å²) < 4.78 is 3.88. The van der Waals surface area contributed by atoms with Crippen molar-refractivity contribution in [2.24, 2.45) is 10.7 Å². The number of allylic oxidation sites excluding steroid dienone is 6. The Morgan fingerprint density at radius 3 is 2.41 bits per heavy atom. The van der Waals surface area contributed by atoms with E-state index in [9.17, 15) is 0 Å². The van der Waals surface area contributed by atoms with Crippen molar-refractivity contribution >= 4 is 66.3 Å². The summed E-state index contributed by atoms with van der Waals surface area (Å²) in [5.41, 5.74) is 21.6. The number of rotatable bonds is 6. The number of thiophene rings is 1. The van der Waals surface area contributed by atoms with Crippen LogP contribution in [0.3, 0.4) is 0 Å². The Labute approximate surface area is 342 Å². The number of para-hydroxylation sites is 1. The highest BCUT2D eigenvalue weighted by Crippen LogP contribution is 2.52. The summed E-state index contributed by atoms with van der Waals surface area (Å²) in [6.45, 7) is 2.22. The van der Waals surface area contributed by atoms with Gasteiger partial charge in [0.05, 0.1) is 33.0 Å². The molecule has 2 aliphatic carbocycles. The number of aliphatic imine (C=N–C) groups is 1. The number of aryl methyl sites for hydroxylation is 1. The quantitative estimate of drug-likeness (QED) is 0.135. The summed E-state index contributed by atoms with van der Waals surface area (Å²) in [5, 5.41) is 3.93. The first kappa shape index (κ1) is 34.5. The highest BCUT2D eigenvalue weighted by molar-refractivity contribution is 7.20. The lowest BCUT2D eigenvalue weighted by molar-refractivity contribution is 0.823. The average molecular weight is 767 g/mol. The first-order chi connectivity index (χ1) is 28.6. The molecule has 3 aliphatic rings. The molecule has 0 bridgehead atoms. The highest BCUT2D eigenvalue weighted by atomic mass is 32.1.